The van der Waals surface area contributed by atoms with Gasteiger partial charge in [-0.3, -0.25) is 9.59 Å². The first-order valence-electron chi connectivity index (χ1n) is 6.94. The van der Waals surface area contributed by atoms with Gasteiger partial charge in [0.1, 0.15) is 0 Å². The molecule has 0 atom stereocenters. The van der Waals surface area contributed by atoms with Crippen LogP contribution < -0.4 is 10.6 Å². The Hall–Kier alpha value is -1.36. The van der Waals surface area contributed by atoms with Crippen molar-refractivity contribution in [2.45, 2.75) is 44.6 Å². The molecule has 3 rings (SSSR count). The lowest BCUT2D eigenvalue weighted by Gasteiger charge is -2.10. The highest BCUT2D eigenvalue weighted by molar-refractivity contribution is 7.18. The summed E-state index contributed by atoms with van der Waals surface area (Å²) >= 11 is 1.35. The van der Waals surface area contributed by atoms with Crippen LogP contribution in [0.15, 0.2) is 12.1 Å². The molecule has 0 spiro atoms. The molecule has 0 bridgehead atoms. The lowest BCUT2D eigenvalue weighted by molar-refractivity contribution is -0.117. The van der Waals surface area contributed by atoms with Crippen LogP contribution in [0.25, 0.3) is 0 Å². The van der Waals surface area contributed by atoms with Crippen molar-refractivity contribution < 1.29 is 9.59 Å². The van der Waals surface area contributed by atoms with E-state index in [0.29, 0.717) is 10.9 Å². The molecule has 19 heavy (non-hydrogen) atoms. The molecule has 2 fully saturated rings. The van der Waals surface area contributed by atoms with Gasteiger partial charge in [0, 0.05) is 12.0 Å². The van der Waals surface area contributed by atoms with E-state index in [2.05, 4.69) is 10.6 Å². The predicted molar refractivity (Wildman–Crippen MR) is 75.4 cm³/mol. The van der Waals surface area contributed by atoms with Crippen molar-refractivity contribution in [1.82, 2.24) is 5.32 Å². The quantitative estimate of drug-likeness (QED) is 0.889. The van der Waals surface area contributed by atoms with Crippen molar-refractivity contribution in [3.05, 3.63) is 17.0 Å². The van der Waals surface area contributed by atoms with Crippen LogP contribution in [0, 0.1) is 5.92 Å². The monoisotopic (exact) mass is 278 g/mol. The summed E-state index contributed by atoms with van der Waals surface area (Å²) in [6.45, 7) is 0. The third kappa shape index (κ3) is 3.15. The van der Waals surface area contributed by atoms with Crippen LogP contribution in [0.1, 0.15) is 48.2 Å². The van der Waals surface area contributed by atoms with Gasteiger partial charge in [-0.25, -0.2) is 0 Å². The van der Waals surface area contributed by atoms with Gasteiger partial charge in [-0.2, -0.15) is 0 Å². The summed E-state index contributed by atoms with van der Waals surface area (Å²) in [4.78, 5) is 24.3. The lowest BCUT2D eigenvalue weighted by atomic mass is 10.2. The van der Waals surface area contributed by atoms with Gasteiger partial charge in [-0.1, -0.05) is 12.8 Å². The molecule has 0 unspecified atom stereocenters. The zero-order chi connectivity index (χ0) is 13.2. The Morgan fingerprint density at radius 1 is 1.11 bits per heavy atom. The summed E-state index contributed by atoms with van der Waals surface area (Å²) in [6, 6.07) is 3.94. The third-order valence-corrected chi connectivity index (χ3v) is 4.71. The number of hydrogen-bond donors (Lipinski definition) is 2. The molecule has 5 heteroatoms. The van der Waals surface area contributed by atoms with Gasteiger partial charge in [-0.05, 0) is 37.8 Å². The number of thiophene rings is 1. The lowest BCUT2D eigenvalue weighted by Crippen LogP contribution is -2.31. The molecule has 0 aliphatic heterocycles. The highest BCUT2D eigenvalue weighted by Crippen LogP contribution is 2.31. The van der Waals surface area contributed by atoms with E-state index in [4.69, 9.17) is 0 Å². The van der Waals surface area contributed by atoms with Crippen molar-refractivity contribution in [2.75, 3.05) is 5.32 Å². The number of carbonyl (C=O) groups is 2. The summed E-state index contributed by atoms with van der Waals surface area (Å²) in [7, 11) is 0. The van der Waals surface area contributed by atoms with Crippen LogP contribution in [0.3, 0.4) is 0 Å². The van der Waals surface area contributed by atoms with Crippen molar-refractivity contribution in [3.63, 3.8) is 0 Å². The van der Waals surface area contributed by atoms with Gasteiger partial charge in [0.2, 0.25) is 5.91 Å². The maximum atomic E-state index is 12.0. The molecule has 2 aliphatic carbocycles. The van der Waals surface area contributed by atoms with Gasteiger partial charge >= 0.3 is 0 Å². The minimum Gasteiger partial charge on any atom is -0.349 e. The van der Waals surface area contributed by atoms with E-state index >= 15 is 0 Å². The zero-order valence-electron chi connectivity index (χ0n) is 10.8. The van der Waals surface area contributed by atoms with E-state index < -0.39 is 0 Å². The standard InChI is InChI=1S/C14H18N2O2S/c17-13(9-5-6-9)16-12-8-7-11(19-12)14(18)15-10-3-1-2-4-10/h7-10H,1-6H2,(H,15,18)(H,16,17). The Bertz CT molecular complexity index is 487. The minimum absolute atomic E-state index is 0.0104. The summed E-state index contributed by atoms with van der Waals surface area (Å²) in [6.07, 6.45) is 6.57. The maximum absolute atomic E-state index is 12.0. The van der Waals surface area contributed by atoms with E-state index in [9.17, 15) is 9.59 Å². The largest absolute Gasteiger partial charge is 0.349 e. The molecule has 2 N–H and O–H groups in total. The zero-order valence-corrected chi connectivity index (χ0v) is 11.6. The van der Waals surface area contributed by atoms with E-state index in [1.54, 1.807) is 6.07 Å². The molecule has 102 valence electrons. The van der Waals surface area contributed by atoms with E-state index in [0.717, 1.165) is 30.7 Å². The Morgan fingerprint density at radius 2 is 1.84 bits per heavy atom. The molecular weight excluding hydrogens is 260 g/mol. The summed E-state index contributed by atoms with van der Waals surface area (Å²) in [5, 5.41) is 6.70. The average Bonchev–Trinajstić information content (AvgIpc) is 2.93. The molecule has 0 radical (unpaired) electrons. The smallest absolute Gasteiger partial charge is 0.261 e. The third-order valence-electron chi connectivity index (χ3n) is 3.71. The topological polar surface area (TPSA) is 58.2 Å². The number of hydrogen-bond acceptors (Lipinski definition) is 3. The Labute approximate surface area is 116 Å². The number of anilines is 1. The highest BCUT2D eigenvalue weighted by atomic mass is 32.1. The van der Waals surface area contributed by atoms with Crippen LogP contribution in [0.5, 0.6) is 0 Å². The van der Waals surface area contributed by atoms with Crippen LogP contribution in [-0.2, 0) is 4.79 Å². The summed E-state index contributed by atoms with van der Waals surface area (Å²) in [5.74, 6) is 0.270. The average molecular weight is 278 g/mol. The van der Waals surface area contributed by atoms with E-state index in [1.807, 2.05) is 6.07 Å². The second-order valence-corrected chi connectivity index (χ2v) is 6.47. The fourth-order valence-electron chi connectivity index (χ4n) is 2.42. The molecule has 4 nitrogen and oxygen atoms in total. The molecule has 1 heterocycles. The summed E-state index contributed by atoms with van der Waals surface area (Å²) < 4.78 is 0. The van der Waals surface area contributed by atoms with Gasteiger partial charge in [0.25, 0.3) is 5.91 Å². The van der Waals surface area contributed by atoms with Gasteiger partial charge in [-0.15, -0.1) is 11.3 Å². The molecule has 0 saturated heterocycles. The number of nitrogens with one attached hydrogen (secondary N) is 2. The molecule has 2 aliphatic rings. The molecular formula is C14H18N2O2S. The predicted octanol–water partition coefficient (Wildman–Crippen LogP) is 2.77. The first-order valence-corrected chi connectivity index (χ1v) is 7.75. The highest BCUT2D eigenvalue weighted by Gasteiger charge is 2.30. The molecule has 1 aromatic rings. The second-order valence-electron chi connectivity index (χ2n) is 5.38. The molecule has 2 amide bonds. The fraction of sp³-hybridized carbons (Fsp3) is 0.571. The summed E-state index contributed by atoms with van der Waals surface area (Å²) in [5.41, 5.74) is 0. The van der Waals surface area contributed by atoms with E-state index in [1.165, 1.54) is 24.2 Å². The van der Waals surface area contributed by atoms with Crippen molar-refractivity contribution in [1.29, 1.82) is 0 Å². The van der Waals surface area contributed by atoms with Crippen molar-refractivity contribution >= 4 is 28.2 Å². The van der Waals surface area contributed by atoms with Crippen LogP contribution in [-0.4, -0.2) is 17.9 Å². The van der Waals surface area contributed by atoms with Gasteiger partial charge in [0.05, 0.1) is 9.88 Å². The first kappa shape index (κ1) is 12.7. The van der Waals surface area contributed by atoms with Gasteiger partial charge in [0.15, 0.2) is 0 Å². The molecule has 0 aromatic carbocycles. The normalized spacial score (nSPS) is 19.4. The number of carbonyl (C=O) groups excluding carboxylic acids is 2. The number of amides is 2. The van der Waals surface area contributed by atoms with Crippen LogP contribution in [0.4, 0.5) is 5.00 Å². The Morgan fingerprint density at radius 3 is 2.53 bits per heavy atom. The first-order chi connectivity index (χ1) is 9.22. The number of rotatable bonds is 4. The van der Waals surface area contributed by atoms with E-state index in [-0.39, 0.29) is 17.7 Å². The van der Waals surface area contributed by atoms with Crippen LogP contribution >= 0.6 is 11.3 Å². The molecule has 2 saturated carbocycles. The minimum atomic E-state index is -0.0104. The Kier molecular flexibility index (Phi) is 3.55. The second kappa shape index (κ2) is 5.33. The van der Waals surface area contributed by atoms with Crippen molar-refractivity contribution in [2.24, 2.45) is 5.92 Å². The SMILES string of the molecule is O=C(NC1CCCC1)c1ccc(NC(=O)C2CC2)s1. The van der Waals surface area contributed by atoms with Crippen LogP contribution in [0.2, 0.25) is 0 Å². The molecule has 1 aromatic heterocycles. The fourth-order valence-corrected chi connectivity index (χ4v) is 3.24. The maximum Gasteiger partial charge on any atom is 0.261 e. The van der Waals surface area contributed by atoms with Crippen molar-refractivity contribution in [3.8, 4) is 0 Å². The Balaban J connectivity index is 1.56. The van der Waals surface area contributed by atoms with Gasteiger partial charge < -0.3 is 10.6 Å².